The number of hydrogen-bond acceptors (Lipinski definition) is 1. The molecular formula is C15H12FNO. The van der Waals surface area contributed by atoms with Crippen molar-refractivity contribution in [3.05, 3.63) is 65.5 Å². The number of fused-ring (bicyclic) bond motifs is 1. The van der Waals surface area contributed by atoms with Crippen LogP contribution >= 0.6 is 0 Å². The number of anilines is 1. The van der Waals surface area contributed by atoms with Gasteiger partial charge < -0.3 is 5.32 Å². The fraction of sp³-hybridized carbons (Fsp3) is 0.133. The summed E-state index contributed by atoms with van der Waals surface area (Å²) in [7, 11) is 0. The molecule has 18 heavy (non-hydrogen) atoms. The van der Waals surface area contributed by atoms with E-state index < -0.39 is 0 Å². The Morgan fingerprint density at radius 2 is 1.78 bits per heavy atom. The number of para-hydroxylation sites is 1. The number of rotatable bonds is 1. The zero-order chi connectivity index (χ0) is 12.5. The van der Waals surface area contributed by atoms with E-state index in [4.69, 9.17) is 0 Å². The third-order valence-corrected chi connectivity index (χ3v) is 3.27. The molecule has 3 rings (SSSR count). The minimum absolute atomic E-state index is 0.00280. The summed E-state index contributed by atoms with van der Waals surface area (Å²) in [6.45, 7) is 0. The van der Waals surface area contributed by atoms with Crippen molar-refractivity contribution in [2.24, 2.45) is 0 Å². The van der Waals surface area contributed by atoms with E-state index in [0.717, 1.165) is 16.8 Å². The molecule has 0 saturated heterocycles. The van der Waals surface area contributed by atoms with Crippen LogP contribution in [0, 0.1) is 5.82 Å². The summed E-state index contributed by atoms with van der Waals surface area (Å²) in [5.41, 5.74) is 2.91. The smallest absolute Gasteiger partial charge is 0.225 e. The van der Waals surface area contributed by atoms with Gasteiger partial charge in [-0.3, -0.25) is 4.79 Å². The zero-order valence-corrected chi connectivity index (χ0v) is 9.69. The summed E-state index contributed by atoms with van der Waals surface area (Å²) >= 11 is 0. The van der Waals surface area contributed by atoms with Crippen LogP contribution in [0.5, 0.6) is 0 Å². The van der Waals surface area contributed by atoms with Crippen LogP contribution in [-0.4, -0.2) is 5.91 Å². The molecule has 2 nitrogen and oxygen atoms in total. The van der Waals surface area contributed by atoms with Gasteiger partial charge >= 0.3 is 0 Å². The molecule has 1 aliphatic heterocycles. The third kappa shape index (κ3) is 1.88. The first-order valence-corrected chi connectivity index (χ1v) is 5.88. The van der Waals surface area contributed by atoms with Gasteiger partial charge in [0.05, 0.1) is 0 Å². The fourth-order valence-corrected chi connectivity index (χ4v) is 2.40. The number of carbonyl (C=O) groups excluding carboxylic acids is 1. The summed E-state index contributed by atoms with van der Waals surface area (Å²) in [6, 6.07) is 14.1. The molecule has 0 bridgehead atoms. The Morgan fingerprint density at radius 3 is 2.56 bits per heavy atom. The van der Waals surface area contributed by atoms with E-state index in [0.29, 0.717) is 6.42 Å². The average molecular weight is 241 g/mol. The summed E-state index contributed by atoms with van der Waals surface area (Å²) in [5.74, 6) is -0.245. The lowest BCUT2D eigenvalue weighted by atomic mass is 9.85. The Balaban J connectivity index is 2.07. The van der Waals surface area contributed by atoms with Crippen molar-refractivity contribution in [3.8, 4) is 0 Å². The van der Waals surface area contributed by atoms with Crippen LogP contribution in [0.1, 0.15) is 23.5 Å². The number of benzene rings is 2. The van der Waals surface area contributed by atoms with E-state index in [1.165, 1.54) is 12.1 Å². The number of nitrogens with one attached hydrogen (secondary N) is 1. The van der Waals surface area contributed by atoms with Crippen LogP contribution in [-0.2, 0) is 4.79 Å². The molecule has 0 saturated carbocycles. The highest BCUT2D eigenvalue weighted by Crippen LogP contribution is 2.36. The van der Waals surface area contributed by atoms with Crippen molar-refractivity contribution in [1.82, 2.24) is 0 Å². The Kier molecular flexibility index (Phi) is 2.59. The summed E-state index contributed by atoms with van der Waals surface area (Å²) < 4.78 is 12.9. The van der Waals surface area contributed by atoms with Gasteiger partial charge in [-0.1, -0.05) is 30.3 Å². The molecule has 0 radical (unpaired) electrons. The number of amides is 1. The van der Waals surface area contributed by atoms with Crippen LogP contribution in [0.15, 0.2) is 48.5 Å². The van der Waals surface area contributed by atoms with Crippen LogP contribution in [0.2, 0.25) is 0 Å². The first-order valence-electron chi connectivity index (χ1n) is 5.88. The lowest BCUT2D eigenvalue weighted by Gasteiger charge is -2.25. The molecule has 1 aliphatic rings. The maximum atomic E-state index is 12.9. The van der Waals surface area contributed by atoms with Gasteiger partial charge in [-0.05, 0) is 29.3 Å². The van der Waals surface area contributed by atoms with Gasteiger partial charge in [0.1, 0.15) is 5.82 Å². The quantitative estimate of drug-likeness (QED) is 0.815. The third-order valence-electron chi connectivity index (χ3n) is 3.27. The van der Waals surface area contributed by atoms with Crippen molar-refractivity contribution in [3.63, 3.8) is 0 Å². The molecule has 1 N–H and O–H groups in total. The summed E-state index contributed by atoms with van der Waals surface area (Å²) in [5, 5.41) is 2.86. The molecule has 90 valence electrons. The second-order valence-electron chi connectivity index (χ2n) is 4.44. The molecular weight excluding hydrogens is 229 g/mol. The van der Waals surface area contributed by atoms with Crippen LogP contribution < -0.4 is 5.32 Å². The van der Waals surface area contributed by atoms with Crippen molar-refractivity contribution in [2.45, 2.75) is 12.3 Å². The fourth-order valence-electron chi connectivity index (χ4n) is 2.40. The molecule has 1 atom stereocenters. The van der Waals surface area contributed by atoms with E-state index >= 15 is 0 Å². The molecule has 1 amide bonds. The SMILES string of the molecule is O=C1CC(c2ccc(F)cc2)c2ccccc2N1. The highest BCUT2D eigenvalue weighted by Gasteiger charge is 2.25. The Bertz CT molecular complexity index is 592. The van der Waals surface area contributed by atoms with Gasteiger partial charge in [0.15, 0.2) is 0 Å². The molecule has 0 aromatic heterocycles. The Hall–Kier alpha value is -2.16. The van der Waals surface area contributed by atoms with E-state index in [9.17, 15) is 9.18 Å². The molecule has 0 spiro atoms. The highest BCUT2D eigenvalue weighted by molar-refractivity contribution is 5.95. The molecule has 1 unspecified atom stereocenters. The number of carbonyl (C=O) groups is 1. The zero-order valence-electron chi connectivity index (χ0n) is 9.69. The molecule has 0 aliphatic carbocycles. The maximum Gasteiger partial charge on any atom is 0.225 e. The minimum Gasteiger partial charge on any atom is -0.326 e. The number of hydrogen-bond donors (Lipinski definition) is 1. The van der Waals surface area contributed by atoms with Crippen LogP contribution in [0.25, 0.3) is 0 Å². The van der Waals surface area contributed by atoms with Gasteiger partial charge in [0.25, 0.3) is 0 Å². The second-order valence-corrected chi connectivity index (χ2v) is 4.44. The normalized spacial score (nSPS) is 18.1. The van der Waals surface area contributed by atoms with Crippen molar-refractivity contribution < 1.29 is 9.18 Å². The first-order chi connectivity index (χ1) is 8.74. The second kappa shape index (κ2) is 4.26. The lowest BCUT2D eigenvalue weighted by Crippen LogP contribution is -2.23. The standard InChI is InChI=1S/C15H12FNO/c16-11-7-5-10(6-8-11)13-9-15(18)17-14-4-2-1-3-12(13)14/h1-8,13H,9H2,(H,17,18). The van der Waals surface area contributed by atoms with Crippen molar-refractivity contribution >= 4 is 11.6 Å². The molecule has 0 fully saturated rings. The van der Waals surface area contributed by atoms with Gasteiger partial charge in [0, 0.05) is 18.0 Å². The topological polar surface area (TPSA) is 29.1 Å². The largest absolute Gasteiger partial charge is 0.326 e. The summed E-state index contributed by atoms with van der Waals surface area (Å²) in [6.07, 6.45) is 0.405. The van der Waals surface area contributed by atoms with Crippen LogP contribution in [0.3, 0.4) is 0 Å². The van der Waals surface area contributed by atoms with E-state index in [2.05, 4.69) is 5.32 Å². The Labute approximate surface area is 104 Å². The van der Waals surface area contributed by atoms with Crippen molar-refractivity contribution in [1.29, 1.82) is 0 Å². The predicted octanol–water partition coefficient (Wildman–Crippen LogP) is 3.30. The van der Waals surface area contributed by atoms with Gasteiger partial charge in [-0.2, -0.15) is 0 Å². The first kappa shape index (κ1) is 11.0. The molecule has 3 heteroatoms. The maximum absolute atomic E-state index is 12.9. The molecule has 2 aromatic carbocycles. The molecule has 1 heterocycles. The van der Waals surface area contributed by atoms with Gasteiger partial charge in [0.2, 0.25) is 5.91 Å². The highest BCUT2D eigenvalue weighted by atomic mass is 19.1. The van der Waals surface area contributed by atoms with Gasteiger partial charge in [-0.15, -0.1) is 0 Å². The number of halogens is 1. The van der Waals surface area contributed by atoms with E-state index in [1.54, 1.807) is 12.1 Å². The van der Waals surface area contributed by atoms with Crippen molar-refractivity contribution in [2.75, 3.05) is 5.32 Å². The monoisotopic (exact) mass is 241 g/mol. The van der Waals surface area contributed by atoms with E-state index in [-0.39, 0.29) is 17.6 Å². The van der Waals surface area contributed by atoms with Crippen LogP contribution in [0.4, 0.5) is 10.1 Å². The van der Waals surface area contributed by atoms with Gasteiger partial charge in [-0.25, -0.2) is 4.39 Å². The summed E-state index contributed by atoms with van der Waals surface area (Å²) in [4.78, 5) is 11.7. The lowest BCUT2D eigenvalue weighted by molar-refractivity contribution is -0.116. The predicted molar refractivity (Wildman–Crippen MR) is 67.9 cm³/mol. The Morgan fingerprint density at radius 1 is 1.06 bits per heavy atom. The van der Waals surface area contributed by atoms with E-state index in [1.807, 2.05) is 24.3 Å². The minimum atomic E-state index is -0.257. The molecule has 2 aromatic rings. The average Bonchev–Trinajstić information content (AvgIpc) is 2.38.